The molecule has 0 atom stereocenters. The number of halogens is 2. The molecule has 86 valence electrons. The van der Waals surface area contributed by atoms with Crippen LogP contribution in [0.1, 0.15) is 21.6 Å². The minimum absolute atomic E-state index is 0.177. The first-order chi connectivity index (χ1) is 8.08. The predicted molar refractivity (Wildman–Crippen MR) is 66.5 cm³/mol. The van der Waals surface area contributed by atoms with Crippen LogP contribution in [0, 0.1) is 12.7 Å². The van der Waals surface area contributed by atoms with Gasteiger partial charge in [-0.05, 0) is 53.2 Å². The summed E-state index contributed by atoms with van der Waals surface area (Å²) in [6.07, 6.45) is 1.52. The molecule has 0 amide bonds. The van der Waals surface area contributed by atoms with Crippen molar-refractivity contribution in [3.8, 4) is 0 Å². The second kappa shape index (κ2) is 4.75. The van der Waals surface area contributed by atoms with Gasteiger partial charge in [0.25, 0.3) is 0 Å². The van der Waals surface area contributed by atoms with Gasteiger partial charge in [0, 0.05) is 27.5 Å². The minimum Gasteiger partial charge on any atom is -0.289 e. The smallest absolute Gasteiger partial charge is 0.195 e. The molecule has 0 spiro atoms. The number of aromatic nitrogens is 1. The van der Waals surface area contributed by atoms with Crippen LogP contribution in [0.2, 0.25) is 0 Å². The van der Waals surface area contributed by atoms with Crippen LogP contribution in [0.4, 0.5) is 4.39 Å². The number of nitrogens with zero attached hydrogens (tertiary/aromatic N) is 1. The van der Waals surface area contributed by atoms with Crippen LogP contribution in [0.5, 0.6) is 0 Å². The monoisotopic (exact) mass is 293 g/mol. The third-order valence-corrected chi connectivity index (χ3v) is 3.01. The van der Waals surface area contributed by atoms with Crippen molar-refractivity contribution in [3.63, 3.8) is 0 Å². The number of pyridine rings is 1. The van der Waals surface area contributed by atoms with Gasteiger partial charge >= 0.3 is 0 Å². The number of carbonyl (C=O) groups is 1. The maximum atomic E-state index is 12.9. The van der Waals surface area contributed by atoms with Crippen molar-refractivity contribution in [3.05, 3.63) is 63.6 Å². The Kier molecular flexibility index (Phi) is 3.33. The van der Waals surface area contributed by atoms with Gasteiger partial charge < -0.3 is 0 Å². The standard InChI is InChI=1S/C13H9BrFNO/c1-8-2-3-9(7-16-8)13(17)11-5-4-10(15)6-12(11)14/h2-7H,1H3. The van der Waals surface area contributed by atoms with Crippen molar-refractivity contribution in [1.82, 2.24) is 4.98 Å². The van der Waals surface area contributed by atoms with Crippen LogP contribution in [0.25, 0.3) is 0 Å². The van der Waals surface area contributed by atoms with Crippen molar-refractivity contribution in [2.75, 3.05) is 0 Å². The summed E-state index contributed by atoms with van der Waals surface area (Å²) in [5, 5.41) is 0. The Morgan fingerprint density at radius 1 is 1.29 bits per heavy atom. The van der Waals surface area contributed by atoms with E-state index in [1.807, 2.05) is 6.92 Å². The molecule has 1 aromatic heterocycles. The average Bonchev–Trinajstić information content (AvgIpc) is 2.29. The zero-order valence-corrected chi connectivity index (χ0v) is 10.7. The molecule has 0 aliphatic rings. The number of benzene rings is 1. The molecular weight excluding hydrogens is 285 g/mol. The number of carbonyl (C=O) groups excluding carboxylic acids is 1. The van der Waals surface area contributed by atoms with Crippen LogP contribution < -0.4 is 0 Å². The maximum absolute atomic E-state index is 12.9. The second-order valence-corrected chi connectivity index (χ2v) is 4.50. The van der Waals surface area contributed by atoms with Gasteiger partial charge in [-0.15, -0.1) is 0 Å². The lowest BCUT2D eigenvalue weighted by Gasteiger charge is -2.04. The lowest BCUT2D eigenvalue weighted by atomic mass is 10.0. The second-order valence-electron chi connectivity index (χ2n) is 3.64. The van der Waals surface area contributed by atoms with Crippen molar-refractivity contribution in [2.24, 2.45) is 0 Å². The summed E-state index contributed by atoms with van der Waals surface area (Å²) in [4.78, 5) is 16.2. The van der Waals surface area contributed by atoms with Crippen LogP contribution in [0.3, 0.4) is 0 Å². The molecule has 17 heavy (non-hydrogen) atoms. The number of aryl methyl sites for hydroxylation is 1. The van der Waals surface area contributed by atoms with E-state index in [2.05, 4.69) is 20.9 Å². The zero-order valence-electron chi connectivity index (χ0n) is 9.08. The molecule has 4 heteroatoms. The number of hydrogen-bond donors (Lipinski definition) is 0. The van der Waals surface area contributed by atoms with E-state index >= 15 is 0 Å². The summed E-state index contributed by atoms with van der Waals surface area (Å²) in [6, 6.07) is 7.47. The van der Waals surface area contributed by atoms with E-state index in [1.165, 1.54) is 24.4 Å². The largest absolute Gasteiger partial charge is 0.289 e. The molecule has 0 saturated heterocycles. The highest BCUT2D eigenvalue weighted by molar-refractivity contribution is 9.10. The summed E-state index contributed by atoms with van der Waals surface area (Å²) in [7, 11) is 0. The quantitative estimate of drug-likeness (QED) is 0.793. The Morgan fingerprint density at radius 2 is 2.06 bits per heavy atom. The van der Waals surface area contributed by atoms with E-state index in [0.29, 0.717) is 15.6 Å². The van der Waals surface area contributed by atoms with Gasteiger partial charge in [0.15, 0.2) is 5.78 Å². The Morgan fingerprint density at radius 3 is 2.65 bits per heavy atom. The number of hydrogen-bond acceptors (Lipinski definition) is 2. The first-order valence-electron chi connectivity index (χ1n) is 5.00. The van der Waals surface area contributed by atoms with Gasteiger partial charge in [-0.3, -0.25) is 9.78 Å². The normalized spacial score (nSPS) is 10.3. The van der Waals surface area contributed by atoms with Gasteiger partial charge in [0.1, 0.15) is 5.82 Å². The van der Waals surface area contributed by atoms with Crippen LogP contribution in [-0.2, 0) is 0 Å². The predicted octanol–water partition coefficient (Wildman–Crippen LogP) is 3.52. The molecule has 2 aromatic rings. The minimum atomic E-state index is -0.379. The summed E-state index contributed by atoms with van der Waals surface area (Å²) in [5.74, 6) is -0.556. The number of ketones is 1. The van der Waals surface area contributed by atoms with E-state index in [1.54, 1.807) is 12.1 Å². The molecule has 0 radical (unpaired) electrons. The molecule has 0 unspecified atom stereocenters. The average molecular weight is 294 g/mol. The van der Waals surface area contributed by atoms with Gasteiger partial charge in [-0.1, -0.05) is 0 Å². The molecule has 1 aromatic carbocycles. The summed E-state index contributed by atoms with van der Waals surface area (Å²) in [6.45, 7) is 1.85. The molecule has 0 aliphatic carbocycles. The molecule has 1 heterocycles. The molecule has 0 fully saturated rings. The topological polar surface area (TPSA) is 30.0 Å². The van der Waals surface area contributed by atoms with Gasteiger partial charge in [-0.25, -0.2) is 4.39 Å². The zero-order chi connectivity index (χ0) is 12.4. The van der Waals surface area contributed by atoms with Crippen LogP contribution >= 0.6 is 15.9 Å². The van der Waals surface area contributed by atoms with Gasteiger partial charge in [-0.2, -0.15) is 0 Å². The molecular formula is C13H9BrFNO. The lowest BCUT2D eigenvalue weighted by molar-refractivity contribution is 0.103. The molecule has 2 rings (SSSR count). The third-order valence-electron chi connectivity index (χ3n) is 2.35. The van der Waals surface area contributed by atoms with Crippen molar-refractivity contribution in [1.29, 1.82) is 0 Å². The van der Waals surface area contributed by atoms with E-state index in [0.717, 1.165) is 5.69 Å². The van der Waals surface area contributed by atoms with Crippen molar-refractivity contribution in [2.45, 2.75) is 6.92 Å². The van der Waals surface area contributed by atoms with Gasteiger partial charge in [0.05, 0.1) is 0 Å². The van der Waals surface area contributed by atoms with Crippen LogP contribution in [-0.4, -0.2) is 10.8 Å². The Labute approximate surface area is 107 Å². The highest BCUT2D eigenvalue weighted by Gasteiger charge is 2.13. The lowest BCUT2D eigenvalue weighted by Crippen LogP contribution is -2.03. The van der Waals surface area contributed by atoms with Crippen molar-refractivity contribution < 1.29 is 9.18 Å². The SMILES string of the molecule is Cc1ccc(C(=O)c2ccc(F)cc2Br)cn1. The van der Waals surface area contributed by atoms with Gasteiger partial charge in [0.2, 0.25) is 0 Å². The summed E-state index contributed by atoms with van der Waals surface area (Å²) < 4.78 is 13.4. The Hall–Kier alpha value is -1.55. The first-order valence-corrected chi connectivity index (χ1v) is 5.79. The third kappa shape index (κ3) is 2.58. The fourth-order valence-electron chi connectivity index (χ4n) is 1.43. The first kappa shape index (κ1) is 11.9. The number of rotatable bonds is 2. The maximum Gasteiger partial charge on any atom is 0.195 e. The summed E-state index contributed by atoms with van der Waals surface area (Å²) in [5.41, 5.74) is 1.76. The Balaban J connectivity index is 2.40. The van der Waals surface area contributed by atoms with Crippen LogP contribution in [0.15, 0.2) is 41.0 Å². The highest BCUT2D eigenvalue weighted by atomic mass is 79.9. The molecule has 0 aliphatic heterocycles. The highest BCUT2D eigenvalue weighted by Crippen LogP contribution is 2.21. The van der Waals surface area contributed by atoms with E-state index < -0.39 is 0 Å². The molecule has 0 bridgehead atoms. The molecule has 2 nitrogen and oxygen atoms in total. The van der Waals surface area contributed by atoms with E-state index in [-0.39, 0.29) is 11.6 Å². The fourth-order valence-corrected chi connectivity index (χ4v) is 1.96. The van der Waals surface area contributed by atoms with Crippen molar-refractivity contribution >= 4 is 21.7 Å². The fraction of sp³-hybridized carbons (Fsp3) is 0.0769. The molecule has 0 saturated carbocycles. The van der Waals surface area contributed by atoms with E-state index in [4.69, 9.17) is 0 Å². The molecule has 0 N–H and O–H groups in total. The van der Waals surface area contributed by atoms with E-state index in [9.17, 15) is 9.18 Å². The summed E-state index contributed by atoms with van der Waals surface area (Å²) >= 11 is 3.18. The Bertz CT molecular complexity index is 566.